The molecule has 3 heteroatoms. The lowest BCUT2D eigenvalue weighted by Crippen LogP contribution is -2.03. The zero-order valence-electron chi connectivity index (χ0n) is 9.62. The number of carboxylic acid groups (broad SMARTS) is 1. The highest BCUT2D eigenvalue weighted by Gasteiger charge is 2.63. The number of aliphatic carboxylic acids is 1. The van der Waals surface area contributed by atoms with Gasteiger partial charge in [0.2, 0.25) is 0 Å². The van der Waals surface area contributed by atoms with E-state index in [1.165, 1.54) is 6.07 Å². The van der Waals surface area contributed by atoms with Crippen molar-refractivity contribution >= 4 is 5.97 Å². The molecule has 1 fully saturated rings. The summed E-state index contributed by atoms with van der Waals surface area (Å²) >= 11 is 0. The molecule has 0 saturated heterocycles. The Hall–Kier alpha value is -1.38. The predicted octanol–water partition coefficient (Wildman–Crippen LogP) is 2.96. The van der Waals surface area contributed by atoms with Crippen molar-refractivity contribution in [1.29, 1.82) is 0 Å². The van der Waals surface area contributed by atoms with Crippen LogP contribution in [0.4, 0.5) is 4.39 Å². The third-order valence-corrected chi connectivity index (χ3v) is 3.58. The summed E-state index contributed by atoms with van der Waals surface area (Å²) < 4.78 is 13.7. The molecular formula is C13H15FO2. The van der Waals surface area contributed by atoms with E-state index in [9.17, 15) is 9.18 Å². The summed E-state index contributed by atoms with van der Waals surface area (Å²) in [6, 6.07) is 4.99. The van der Waals surface area contributed by atoms with E-state index in [1.807, 2.05) is 26.8 Å². The highest BCUT2D eigenvalue weighted by molar-refractivity contribution is 5.77. The molecule has 2 nitrogen and oxygen atoms in total. The van der Waals surface area contributed by atoms with Gasteiger partial charge in [0.15, 0.2) is 0 Å². The molecule has 0 radical (unpaired) electrons. The Morgan fingerprint density at radius 2 is 2.06 bits per heavy atom. The van der Waals surface area contributed by atoms with Gasteiger partial charge in [-0.05, 0) is 29.5 Å². The molecule has 2 rings (SSSR count). The number of aryl methyl sites for hydroxylation is 1. The molecule has 0 bridgehead atoms. The fourth-order valence-electron chi connectivity index (χ4n) is 2.56. The summed E-state index contributed by atoms with van der Waals surface area (Å²) in [4.78, 5) is 11.0. The average Bonchev–Trinajstić information content (AvgIpc) is 2.69. The molecular weight excluding hydrogens is 207 g/mol. The monoisotopic (exact) mass is 222 g/mol. The first kappa shape index (κ1) is 11.1. The van der Waals surface area contributed by atoms with Crippen LogP contribution < -0.4 is 0 Å². The molecule has 0 spiro atoms. The highest BCUT2D eigenvalue weighted by atomic mass is 19.1. The topological polar surface area (TPSA) is 37.3 Å². The van der Waals surface area contributed by atoms with Gasteiger partial charge in [-0.1, -0.05) is 26.0 Å². The van der Waals surface area contributed by atoms with Crippen LogP contribution in [-0.4, -0.2) is 11.1 Å². The lowest BCUT2D eigenvalue weighted by molar-refractivity contribution is -0.139. The van der Waals surface area contributed by atoms with Gasteiger partial charge in [-0.3, -0.25) is 4.79 Å². The molecule has 1 aromatic carbocycles. The lowest BCUT2D eigenvalue weighted by atomic mass is 10.0. The maximum atomic E-state index is 13.7. The third-order valence-electron chi connectivity index (χ3n) is 3.58. The number of rotatable bonds is 2. The van der Waals surface area contributed by atoms with Crippen LogP contribution in [-0.2, 0) is 4.79 Å². The molecule has 1 N–H and O–H groups in total. The second-order valence-corrected chi connectivity index (χ2v) is 5.14. The van der Waals surface area contributed by atoms with Crippen molar-refractivity contribution < 1.29 is 14.3 Å². The fraction of sp³-hybridized carbons (Fsp3) is 0.462. The van der Waals surface area contributed by atoms with Crippen molar-refractivity contribution in [2.24, 2.45) is 11.3 Å². The van der Waals surface area contributed by atoms with Crippen LogP contribution in [0.3, 0.4) is 0 Å². The van der Waals surface area contributed by atoms with E-state index in [1.54, 1.807) is 6.07 Å². The van der Waals surface area contributed by atoms with E-state index >= 15 is 0 Å². The van der Waals surface area contributed by atoms with Gasteiger partial charge in [0.05, 0.1) is 5.92 Å². The maximum Gasteiger partial charge on any atom is 0.307 e. The Morgan fingerprint density at radius 3 is 2.50 bits per heavy atom. The Labute approximate surface area is 94.1 Å². The smallest absolute Gasteiger partial charge is 0.307 e. The van der Waals surface area contributed by atoms with Gasteiger partial charge in [-0.15, -0.1) is 0 Å². The van der Waals surface area contributed by atoms with Crippen LogP contribution in [0.15, 0.2) is 18.2 Å². The fourth-order valence-corrected chi connectivity index (χ4v) is 2.56. The van der Waals surface area contributed by atoms with E-state index in [0.717, 1.165) is 5.56 Å². The van der Waals surface area contributed by atoms with Crippen molar-refractivity contribution in [2.45, 2.75) is 26.7 Å². The third kappa shape index (κ3) is 1.51. The van der Waals surface area contributed by atoms with E-state index < -0.39 is 11.9 Å². The largest absolute Gasteiger partial charge is 0.481 e. The molecule has 2 unspecified atom stereocenters. The molecule has 1 aromatic rings. The molecule has 86 valence electrons. The molecule has 1 aliphatic carbocycles. The van der Waals surface area contributed by atoms with E-state index in [4.69, 9.17) is 5.11 Å². The van der Waals surface area contributed by atoms with Gasteiger partial charge < -0.3 is 5.11 Å². The van der Waals surface area contributed by atoms with E-state index in [0.29, 0.717) is 5.56 Å². The quantitative estimate of drug-likeness (QED) is 0.835. The first-order valence-electron chi connectivity index (χ1n) is 5.34. The summed E-state index contributed by atoms with van der Waals surface area (Å²) in [5.74, 6) is -1.80. The Morgan fingerprint density at radius 1 is 1.44 bits per heavy atom. The average molecular weight is 222 g/mol. The minimum absolute atomic E-state index is 0.203. The summed E-state index contributed by atoms with van der Waals surface area (Å²) in [5.41, 5.74) is 1.04. The number of halogens is 1. The zero-order chi connectivity index (χ0) is 12.1. The summed E-state index contributed by atoms with van der Waals surface area (Å²) in [6.07, 6.45) is 0. The number of carbonyl (C=O) groups is 1. The van der Waals surface area contributed by atoms with Crippen molar-refractivity contribution in [1.82, 2.24) is 0 Å². The van der Waals surface area contributed by atoms with E-state index in [-0.39, 0.29) is 17.2 Å². The summed E-state index contributed by atoms with van der Waals surface area (Å²) in [6.45, 7) is 5.56. The molecule has 16 heavy (non-hydrogen) atoms. The normalized spacial score (nSPS) is 26.5. The van der Waals surface area contributed by atoms with Crippen molar-refractivity contribution in [3.8, 4) is 0 Å². The summed E-state index contributed by atoms with van der Waals surface area (Å²) in [7, 11) is 0. The van der Waals surface area contributed by atoms with E-state index in [2.05, 4.69) is 0 Å². The van der Waals surface area contributed by atoms with Gasteiger partial charge in [0, 0.05) is 5.92 Å². The lowest BCUT2D eigenvalue weighted by Gasteiger charge is -2.05. The van der Waals surface area contributed by atoms with Crippen molar-refractivity contribution in [3.63, 3.8) is 0 Å². The molecule has 1 saturated carbocycles. The second kappa shape index (κ2) is 3.30. The Bertz CT molecular complexity index is 451. The molecule has 1 aliphatic rings. The minimum atomic E-state index is -0.838. The van der Waals surface area contributed by atoms with Gasteiger partial charge in [-0.25, -0.2) is 4.39 Å². The number of carboxylic acids is 1. The number of hydrogen-bond acceptors (Lipinski definition) is 1. The van der Waals surface area contributed by atoms with Crippen LogP contribution in [0.1, 0.15) is 30.9 Å². The first-order valence-corrected chi connectivity index (χ1v) is 5.34. The van der Waals surface area contributed by atoms with Gasteiger partial charge in [-0.2, -0.15) is 0 Å². The molecule has 0 aliphatic heterocycles. The first-order chi connectivity index (χ1) is 7.35. The van der Waals surface area contributed by atoms with Gasteiger partial charge >= 0.3 is 5.97 Å². The van der Waals surface area contributed by atoms with Crippen LogP contribution in [0.2, 0.25) is 0 Å². The Kier molecular flexibility index (Phi) is 2.30. The van der Waals surface area contributed by atoms with Crippen LogP contribution in [0.25, 0.3) is 0 Å². The molecule has 0 heterocycles. The highest BCUT2D eigenvalue weighted by Crippen LogP contribution is 2.64. The molecule has 0 aromatic heterocycles. The summed E-state index contributed by atoms with van der Waals surface area (Å²) in [5, 5.41) is 9.04. The second-order valence-electron chi connectivity index (χ2n) is 5.14. The van der Waals surface area contributed by atoms with Gasteiger partial charge in [0.1, 0.15) is 5.82 Å². The standard InChI is InChI=1S/C13H15FO2/c1-7-4-5-8(9(14)6-7)10-11(12(15)16)13(10,2)3/h4-6,10-11H,1-3H3,(H,15,16). The van der Waals surface area contributed by atoms with Crippen LogP contribution in [0.5, 0.6) is 0 Å². The SMILES string of the molecule is Cc1ccc(C2C(C(=O)O)C2(C)C)c(F)c1. The number of benzene rings is 1. The van der Waals surface area contributed by atoms with Crippen molar-refractivity contribution in [3.05, 3.63) is 35.1 Å². The predicted molar refractivity (Wildman–Crippen MR) is 58.8 cm³/mol. The zero-order valence-corrected chi connectivity index (χ0v) is 9.62. The number of hydrogen-bond donors (Lipinski definition) is 1. The molecule has 0 amide bonds. The van der Waals surface area contributed by atoms with Crippen LogP contribution in [0, 0.1) is 24.1 Å². The van der Waals surface area contributed by atoms with Gasteiger partial charge in [0.25, 0.3) is 0 Å². The maximum absolute atomic E-state index is 13.7. The van der Waals surface area contributed by atoms with Crippen LogP contribution >= 0.6 is 0 Å². The molecule has 2 atom stereocenters. The van der Waals surface area contributed by atoms with Crippen molar-refractivity contribution in [2.75, 3.05) is 0 Å². The minimum Gasteiger partial charge on any atom is -0.481 e. The Balaban J connectivity index is 2.37.